The Hall–Kier alpha value is -1.66. The molecule has 0 aliphatic heterocycles. The monoisotopic (exact) mass is 336 g/mol. The fraction of sp³-hybridized carbons (Fsp3) is 0.667. The summed E-state index contributed by atoms with van der Waals surface area (Å²) >= 11 is 0. The van der Waals surface area contributed by atoms with E-state index in [1.165, 1.54) is 0 Å². The van der Waals surface area contributed by atoms with Crippen molar-refractivity contribution in [2.45, 2.75) is 45.1 Å². The highest BCUT2D eigenvalue weighted by molar-refractivity contribution is 5.97. The van der Waals surface area contributed by atoms with Crippen LogP contribution in [0.3, 0.4) is 0 Å². The number of nitrogens with one attached hydrogen (secondary N) is 1. The summed E-state index contributed by atoms with van der Waals surface area (Å²) in [5.41, 5.74) is -0.0727. The third-order valence-electron chi connectivity index (χ3n) is 4.32. The van der Waals surface area contributed by atoms with Gasteiger partial charge in [0.2, 0.25) is 5.88 Å². The number of rotatable bonds is 8. The minimum atomic E-state index is -0.722. The second-order valence-electron chi connectivity index (χ2n) is 6.31. The van der Waals surface area contributed by atoms with Gasteiger partial charge >= 0.3 is 0 Å². The molecule has 1 amide bonds. The molecule has 0 radical (unpaired) electrons. The number of pyridine rings is 1. The summed E-state index contributed by atoms with van der Waals surface area (Å²) in [6.45, 7) is 5.59. The van der Waals surface area contributed by atoms with Gasteiger partial charge in [-0.25, -0.2) is 4.98 Å². The Balaban J connectivity index is 1.98. The van der Waals surface area contributed by atoms with Crippen LogP contribution in [0.1, 0.15) is 39.5 Å². The molecule has 1 aromatic rings. The van der Waals surface area contributed by atoms with Gasteiger partial charge in [-0.3, -0.25) is 4.79 Å². The van der Waals surface area contributed by atoms with Crippen LogP contribution in [0.15, 0.2) is 18.3 Å². The molecule has 1 N–H and O–H groups in total. The minimum absolute atomic E-state index is 0.0780. The van der Waals surface area contributed by atoms with E-state index in [1.54, 1.807) is 25.4 Å². The normalized spacial score (nSPS) is 23.7. The van der Waals surface area contributed by atoms with Crippen molar-refractivity contribution in [2.75, 3.05) is 32.2 Å². The maximum absolute atomic E-state index is 12.8. The Morgan fingerprint density at radius 3 is 2.88 bits per heavy atom. The molecule has 2 atom stereocenters. The molecule has 134 valence electrons. The lowest BCUT2D eigenvalue weighted by Gasteiger charge is -2.38. The Bertz CT molecular complexity index is 516. The van der Waals surface area contributed by atoms with Crippen molar-refractivity contribution in [1.82, 2.24) is 4.98 Å². The number of ether oxygens (including phenoxy) is 3. The van der Waals surface area contributed by atoms with Crippen molar-refractivity contribution in [3.8, 4) is 5.88 Å². The van der Waals surface area contributed by atoms with Gasteiger partial charge in [-0.2, -0.15) is 0 Å². The molecule has 6 nitrogen and oxygen atoms in total. The van der Waals surface area contributed by atoms with E-state index in [0.29, 0.717) is 37.3 Å². The summed E-state index contributed by atoms with van der Waals surface area (Å²) < 4.78 is 16.2. The van der Waals surface area contributed by atoms with Gasteiger partial charge in [0.1, 0.15) is 12.2 Å². The molecule has 1 aliphatic carbocycles. The minimum Gasteiger partial charge on any atom is -0.475 e. The summed E-state index contributed by atoms with van der Waals surface area (Å²) in [6.07, 6.45) is 5.29. The highest BCUT2D eigenvalue weighted by Crippen LogP contribution is 2.36. The lowest BCUT2D eigenvalue weighted by atomic mass is 9.78. The second kappa shape index (κ2) is 8.99. The third kappa shape index (κ3) is 4.92. The van der Waals surface area contributed by atoms with E-state index in [4.69, 9.17) is 14.2 Å². The van der Waals surface area contributed by atoms with Gasteiger partial charge in [-0.15, -0.1) is 0 Å². The molecule has 1 saturated carbocycles. The quantitative estimate of drug-likeness (QED) is 0.739. The number of methoxy groups -OCH3 is 1. The summed E-state index contributed by atoms with van der Waals surface area (Å²) in [5.74, 6) is 0.923. The number of hydrogen-bond acceptors (Lipinski definition) is 5. The number of amides is 1. The SMILES string of the molecule is CCO[C@]1(C(=O)Nc2ccc(OCCOC)nc2)CCC[C@H](C)C1. The van der Waals surface area contributed by atoms with Crippen LogP contribution in [0.4, 0.5) is 5.69 Å². The average molecular weight is 336 g/mol. The molecular weight excluding hydrogens is 308 g/mol. The number of carbonyl (C=O) groups excluding carboxylic acids is 1. The van der Waals surface area contributed by atoms with Crippen molar-refractivity contribution >= 4 is 11.6 Å². The van der Waals surface area contributed by atoms with Crippen LogP contribution in [-0.2, 0) is 14.3 Å². The summed E-state index contributed by atoms with van der Waals surface area (Å²) in [5, 5.41) is 2.95. The first-order chi connectivity index (χ1) is 11.6. The Morgan fingerprint density at radius 2 is 2.25 bits per heavy atom. The van der Waals surface area contributed by atoms with E-state index in [-0.39, 0.29) is 5.91 Å². The molecule has 1 aromatic heterocycles. The predicted molar refractivity (Wildman–Crippen MR) is 92.2 cm³/mol. The number of carbonyl (C=O) groups is 1. The first kappa shape index (κ1) is 18.7. The zero-order chi connectivity index (χ0) is 17.4. The standard InChI is InChI=1S/C18H28N2O4/c1-4-24-18(9-5-6-14(2)12-18)17(21)20-15-7-8-16(19-13-15)23-11-10-22-3/h7-8,13-14H,4-6,9-12H2,1-3H3,(H,20,21)/t14-,18+/m0/s1. The first-order valence-electron chi connectivity index (χ1n) is 8.63. The van der Waals surface area contributed by atoms with E-state index in [9.17, 15) is 4.79 Å². The topological polar surface area (TPSA) is 69.7 Å². The first-order valence-corrected chi connectivity index (χ1v) is 8.63. The molecule has 1 heterocycles. The van der Waals surface area contributed by atoms with Crippen LogP contribution in [-0.4, -0.2) is 43.4 Å². The van der Waals surface area contributed by atoms with Gasteiger partial charge in [0.15, 0.2) is 0 Å². The number of anilines is 1. The van der Waals surface area contributed by atoms with Gasteiger partial charge in [0.25, 0.3) is 5.91 Å². The van der Waals surface area contributed by atoms with Gasteiger partial charge in [-0.05, 0) is 38.2 Å². The van der Waals surface area contributed by atoms with Crippen molar-refractivity contribution < 1.29 is 19.0 Å². The molecule has 0 saturated heterocycles. The van der Waals surface area contributed by atoms with Crippen molar-refractivity contribution in [3.63, 3.8) is 0 Å². The summed E-state index contributed by atoms with van der Waals surface area (Å²) in [6, 6.07) is 3.53. The van der Waals surface area contributed by atoms with Crippen molar-refractivity contribution in [3.05, 3.63) is 18.3 Å². The zero-order valence-corrected chi connectivity index (χ0v) is 14.8. The number of hydrogen-bond donors (Lipinski definition) is 1. The van der Waals surface area contributed by atoms with Crippen LogP contribution in [0.25, 0.3) is 0 Å². The largest absolute Gasteiger partial charge is 0.475 e. The van der Waals surface area contributed by atoms with Crippen LogP contribution in [0, 0.1) is 5.92 Å². The zero-order valence-electron chi connectivity index (χ0n) is 14.8. The molecule has 0 aromatic carbocycles. The van der Waals surface area contributed by atoms with E-state index in [2.05, 4.69) is 17.2 Å². The van der Waals surface area contributed by atoms with E-state index < -0.39 is 5.60 Å². The van der Waals surface area contributed by atoms with Gasteiger partial charge in [-0.1, -0.05) is 13.3 Å². The maximum atomic E-state index is 12.8. The molecule has 24 heavy (non-hydrogen) atoms. The van der Waals surface area contributed by atoms with Gasteiger partial charge < -0.3 is 19.5 Å². The van der Waals surface area contributed by atoms with Crippen LogP contribution < -0.4 is 10.1 Å². The molecule has 6 heteroatoms. The average Bonchev–Trinajstić information content (AvgIpc) is 2.57. The smallest absolute Gasteiger partial charge is 0.256 e. The fourth-order valence-electron chi connectivity index (χ4n) is 3.20. The molecular formula is C18H28N2O4. The van der Waals surface area contributed by atoms with E-state index in [1.807, 2.05) is 6.92 Å². The highest BCUT2D eigenvalue weighted by Gasteiger charge is 2.42. The lowest BCUT2D eigenvalue weighted by Crippen LogP contribution is -2.48. The van der Waals surface area contributed by atoms with Crippen LogP contribution >= 0.6 is 0 Å². The van der Waals surface area contributed by atoms with E-state index in [0.717, 1.165) is 25.7 Å². The molecule has 0 unspecified atom stereocenters. The Labute approximate surface area is 143 Å². The highest BCUT2D eigenvalue weighted by atomic mass is 16.5. The predicted octanol–water partition coefficient (Wildman–Crippen LogP) is 3.03. The van der Waals surface area contributed by atoms with E-state index >= 15 is 0 Å². The second-order valence-corrected chi connectivity index (χ2v) is 6.31. The third-order valence-corrected chi connectivity index (χ3v) is 4.32. The lowest BCUT2D eigenvalue weighted by molar-refractivity contribution is -0.147. The molecule has 0 spiro atoms. The molecule has 1 fully saturated rings. The van der Waals surface area contributed by atoms with Gasteiger partial charge in [0, 0.05) is 19.8 Å². The van der Waals surface area contributed by atoms with Crippen LogP contribution in [0.5, 0.6) is 5.88 Å². The summed E-state index contributed by atoms with van der Waals surface area (Å²) in [7, 11) is 1.62. The fourth-order valence-corrected chi connectivity index (χ4v) is 3.20. The van der Waals surface area contributed by atoms with Crippen LogP contribution in [0.2, 0.25) is 0 Å². The number of aromatic nitrogens is 1. The van der Waals surface area contributed by atoms with Gasteiger partial charge in [0.05, 0.1) is 18.5 Å². The Kier molecular flexibility index (Phi) is 6.99. The Morgan fingerprint density at radius 1 is 1.42 bits per heavy atom. The maximum Gasteiger partial charge on any atom is 0.256 e. The summed E-state index contributed by atoms with van der Waals surface area (Å²) in [4.78, 5) is 17.0. The molecule has 2 rings (SSSR count). The van der Waals surface area contributed by atoms with Crippen molar-refractivity contribution in [2.24, 2.45) is 5.92 Å². The molecule has 0 bridgehead atoms. The number of nitrogens with zero attached hydrogens (tertiary/aromatic N) is 1. The van der Waals surface area contributed by atoms with Crippen molar-refractivity contribution in [1.29, 1.82) is 0 Å². The molecule has 1 aliphatic rings.